The van der Waals surface area contributed by atoms with Crippen molar-refractivity contribution in [1.82, 2.24) is 9.88 Å². The summed E-state index contributed by atoms with van der Waals surface area (Å²) in [4.78, 5) is 17.6. The van der Waals surface area contributed by atoms with Gasteiger partial charge in [-0.1, -0.05) is 0 Å². The maximum Gasteiger partial charge on any atom is 0.228 e. The Morgan fingerprint density at radius 2 is 2.26 bits per heavy atom. The normalized spacial score (nSPS) is 21.2. The highest BCUT2D eigenvalue weighted by atomic mass is 32.2. The van der Waals surface area contributed by atoms with Crippen LogP contribution in [-0.2, 0) is 21.1 Å². The van der Waals surface area contributed by atoms with Crippen LogP contribution in [0.15, 0.2) is 18.3 Å². The van der Waals surface area contributed by atoms with Gasteiger partial charge in [0.05, 0.1) is 29.8 Å². The third-order valence-corrected chi connectivity index (χ3v) is 5.08. The first-order valence-corrected chi connectivity index (χ1v) is 7.86. The zero-order valence-electron chi connectivity index (χ0n) is 10.7. The van der Waals surface area contributed by atoms with E-state index in [1.807, 2.05) is 0 Å². The molecule has 1 aromatic rings. The van der Waals surface area contributed by atoms with Crippen LogP contribution in [0.25, 0.3) is 0 Å². The number of carbonyl (C=O) groups is 1. The standard InChI is InChI=1S/C12H17N3O3S/c1-15(11-4-5-19(17,18)8-11)12(16)6-10-3-2-9(13)7-14-10/h2-3,7,11H,4-6,8,13H2,1H3. The molecule has 0 spiro atoms. The van der Waals surface area contributed by atoms with Crippen molar-refractivity contribution in [2.45, 2.75) is 18.9 Å². The van der Waals surface area contributed by atoms with Gasteiger partial charge in [0.2, 0.25) is 5.91 Å². The molecular formula is C12H17N3O3S. The van der Waals surface area contributed by atoms with Gasteiger partial charge in [0.1, 0.15) is 0 Å². The predicted molar refractivity (Wildman–Crippen MR) is 72.2 cm³/mol. The number of likely N-dealkylation sites (N-methyl/N-ethyl adjacent to an activating group) is 1. The first-order chi connectivity index (χ1) is 8.87. The first kappa shape index (κ1) is 13.8. The van der Waals surface area contributed by atoms with E-state index in [1.165, 1.54) is 11.1 Å². The molecule has 0 aromatic carbocycles. The van der Waals surface area contributed by atoms with Crippen molar-refractivity contribution >= 4 is 21.4 Å². The molecule has 6 nitrogen and oxygen atoms in total. The molecule has 0 saturated carbocycles. The van der Waals surface area contributed by atoms with Crippen LogP contribution in [0.3, 0.4) is 0 Å². The average Bonchev–Trinajstić information content (AvgIpc) is 2.71. The number of carbonyl (C=O) groups excluding carboxylic acids is 1. The lowest BCUT2D eigenvalue weighted by molar-refractivity contribution is -0.130. The molecule has 1 aromatic heterocycles. The molecule has 1 saturated heterocycles. The summed E-state index contributed by atoms with van der Waals surface area (Å²) in [5, 5.41) is 0. The molecule has 1 aliphatic rings. The van der Waals surface area contributed by atoms with Gasteiger partial charge in [0.25, 0.3) is 0 Å². The van der Waals surface area contributed by atoms with Gasteiger partial charge in [-0.05, 0) is 18.6 Å². The van der Waals surface area contributed by atoms with Crippen molar-refractivity contribution in [3.8, 4) is 0 Å². The summed E-state index contributed by atoms with van der Waals surface area (Å²) in [5.41, 5.74) is 6.70. The van der Waals surface area contributed by atoms with E-state index in [4.69, 9.17) is 5.73 Å². The number of nitrogens with zero attached hydrogens (tertiary/aromatic N) is 2. The Hall–Kier alpha value is -1.63. The zero-order chi connectivity index (χ0) is 14.0. The predicted octanol–water partition coefficient (Wildman–Crippen LogP) is -0.148. The summed E-state index contributed by atoms with van der Waals surface area (Å²) < 4.78 is 22.8. The van der Waals surface area contributed by atoms with E-state index in [0.717, 1.165) is 0 Å². The highest BCUT2D eigenvalue weighted by Gasteiger charge is 2.32. The number of nitrogens with two attached hydrogens (primary N) is 1. The molecule has 0 bridgehead atoms. The Kier molecular flexibility index (Phi) is 3.75. The van der Waals surface area contributed by atoms with Gasteiger partial charge >= 0.3 is 0 Å². The van der Waals surface area contributed by atoms with Crippen molar-refractivity contribution in [2.24, 2.45) is 0 Å². The lowest BCUT2D eigenvalue weighted by Gasteiger charge is -2.23. The molecular weight excluding hydrogens is 266 g/mol. The summed E-state index contributed by atoms with van der Waals surface area (Å²) in [6.45, 7) is 0. The number of rotatable bonds is 3. The van der Waals surface area contributed by atoms with Crippen LogP contribution in [0.1, 0.15) is 12.1 Å². The molecule has 1 unspecified atom stereocenters. The third kappa shape index (κ3) is 3.44. The largest absolute Gasteiger partial charge is 0.397 e. The van der Waals surface area contributed by atoms with E-state index in [9.17, 15) is 13.2 Å². The van der Waals surface area contributed by atoms with Crippen LogP contribution in [0, 0.1) is 0 Å². The Bertz CT molecular complexity index is 568. The number of hydrogen-bond donors (Lipinski definition) is 1. The summed E-state index contributed by atoms with van der Waals surface area (Å²) in [6.07, 6.45) is 2.18. The molecule has 1 fully saturated rings. The summed E-state index contributed by atoms with van der Waals surface area (Å²) in [6, 6.07) is 3.17. The molecule has 1 amide bonds. The Labute approximate surface area is 112 Å². The molecule has 0 aliphatic carbocycles. The third-order valence-electron chi connectivity index (χ3n) is 3.33. The van der Waals surface area contributed by atoms with E-state index < -0.39 is 9.84 Å². The van der Waals surface area contributed by atoms with Crippen LogP contribution < -0.4 is 5.73 Å². The number of sulfone groups is 1. The SMILES string of the molecule is CN(C(=O)Cc1ccc(N)cn1)C1CCS(=O)(=O)C1. The van der Waals surface area contributed by atoms with Crippen molar-refractivity contribution < 1.29 is 13.2 Å². The second-order valence-corrected chi connectivity index (χ2v) is 7.05. The molecule has 7 heteroatoms. The van der Waals surface area contributed by atoms with Gasteiger partial charge in [0, 0.05) is 18.8 Å². The van der Waals surface area contributed by atoms with Gasteiger partial charge in [-0.15, -0.1) is 0 Å². The molecule has 0 radical (unpaired) electrons. The van der Waals surface area contributed by atoms with Gasteiger partial charge in [-0.25, -0.2) is 8.42 Å². The van der Waals surface area contributed by atoms with Crippen LogP contribution in [-0.4, -0.2) is 48.8 Å². The number of nitrogen functional groups attached to an aromatic ring is 1. The first-order valence-electron chi connectivity index (χ1n) is 6.04. The minimum Gasteiger partial charge on any atom is -0.397 e. The van der Waals surface area contributed by atoms with Crippen molar-refractivity contribution in [3.63, 3.8) is 0 Å². The summed E-state index contributed by atoms with van der Waals surface area (Å²) in [7, 11) is -1.33. The lowest BCUT2D eigenvalue weighted by atomic mass is 10.2. The highest BCUT2D eigenvalue weighted by molar-refractivity contribution is 7.91. The molecule has 2 N–H and O–H groups in total. The van der Waals surface area contributed by atoms with Gasteiger partial charge in [-0.2, -0.15) is 0 Å². The van der Waals surface area contributed by atoms with Gasteiger partial charge in [0.15, 0.2) is 9.84 Å². The average molecular weight is 283 g/mol. The number of hydrogen-bond acceptors (Lipinski definition) is 5. The Morgan fingerprint density at radius 1 is 1.53 bits per heavy atom. The zero-order valence-corrected chi connectivity index (χ0v) is 11.6. The summed E-state index contributed by atoms with van der Waals surface area (Å²) in [5.74, 6) is 0.0965. The second kappa shape index (κ2) is 5.16. The number of amides is 1. The minimum absolute atomic E-state index is 0.0599. The fourth-order valence-corrected chi connectivity index (χ4v) is 3.88. The number of pyridine rings is 1. The smallest absolute Gasteiger partial charge is 0.228 e. The van der Waals surface area contributed by atoms with Gasteiger partial charge in [-0.3, -0.25) is 9.78 Å². The topological polar surface area (TPSA) is 93.4 Å². The molecule has 2 rings (SSSR count). The van der Waals surface area contributed by atoms with Crippen LogP contribution in [0.5, 0.6) is 0 Å². The van der Waals surface area contributed by atoms with E-state index in [2.05, 4.69) is 4.98 Å². The van der Waals surface area contributed by atoms with Crippen molar-refractivity contribution in [2.75, 3.05) is 24.3 Å². The van der Waals surface area contributed by atoms with Crippen LogP contribution in [0.4, 0.5) is 5.69 Å². The Morgan fingerprint density at radius 3 is 2.79 bits per heavy atom. The van der Waals surface area contributed by atoms with E-state index in [-0.39, 0.29) is 29.9 Å². The monoisotopic (exact) mass is 283 g/mol. The maximum absolute atomic E-state index is 12.1. The molecule has 1 aliphatic heterocycles. The van der Waals surface area contributed by atoms with Crippen molar-refractivity contribution in [3.05, 3.63) is 24.0 Å². The highest BCUT2D eigenvalue weighted by Crippen LogP contribution is 2.17. The summed E-state index contributed by atoms with van der Waals surface area (Å²) >= 11 is 0. The molecule has 104 valence electrons. The van der Waals surface area contributed by atoms with Gasteiger partial charge < -0.3 is 10.6 Å². The fourth-order valence-electron chi connectivity index (χ4n) is 2.10. The van der Waals surface area contributed by atoms with Crippen LogP contribution in [0.2, 0.25) is 0 Å². The van der Waals surface area contributed by atoms with Crippen LogP contribution >= 0.6 is 0 Å². The van der Waals surface area contributed by atoms with E-state index in [0.29, 0.717) is 17.8 Å². The minimum atomic E-state index is -2.98. The lowest BCUT2D eigenvalue weighted by Crippen LogP contribution is -2.38. The molecule has 1 atom stereocenters. The van der Waals surface area contributed by atoms with Crippen molar-refractivity contribution in [1.29, 1.82) is 0 Å². The molecule has 2 heterocycles. The molecule has 19 heavy (non-hydrogen) atoms. The number of aromatic nitrogens is 1. The number of anilines is 1. The fraction of sp³-hybridized carbons (Fsp3) is 0.500. The van der Waals surface area contributed by atoms with E-state index >= 15 is 0 Å². The maximum atomic E-state index is 12.1. The second-order valence-electron chi connectivity index (χ2n) is 4.82. The van der Waals surface area contributed by atoms with E-state index in [1.54, 1.807) is 19.2 Å². The Balaban J connectivity index is 1.98. The quantitative estimate of drug-likeness (QED) is 0.832.